The van der Waals surface area contributed by atoms with Gasteiger partial charge in [0.15, 0.2) is 0 Å². The summed E-state index contributed by atoms with van der Waals surface area (Å²) in [6, 6.07) is 16.6. The van der Waals surface area contributed by atoms with Crippen molar-refractivity contribution in [3.63, 3.8) is 0 Å². The lowest BCUT2D eigenvalue weighted by Crippen LogP contribution is -2.36. The van der Waals surface area contributed by atoms with Gasteiger partial charge in [-0.1, -0.05) is 47.8 Å². The summed E-state index contributed by atoms with van der Waals surface area (Å²) in [5, 5.41) is 3.01. The summed E-state index contributed by atoms with van der Waals surface area (Å²) >= 11 is 12.0. The second-order valence-electron chi connectivity index (χ2n) is 8.60. The first kappa shape index (κ1) is 27.4. The number of nitrogens with zero attached hydrogens (tertiary/aromatic N) is 1. The van der Waals surface area contributed by atoms with E-state index >= 15 is 0 Å². The SMILES string of the molecule is O=C(Nc1ccc(S(=O)(=O)Nc2cccc(Cl)c2Cl)cc1)c1ccc(CS(=O)(=O)N2CCCCC2)cc1. The van der Waals surface area contributed by atoms with Gasteiger partial charge in [0.2, 0.25) is 10.0 Å². The molecule has 1 aliphatic rings. The number of rotatable bonds is 8. The van der Waals surface area contributed by atoms with Gasteiger partial charge in [-0.05, 0) is 66.9 Å². The average Bonchev–Trinajstić information content (AvgIpc) is 2.88. The number of piperidine rings is 1. The number of hydrogen-bond acceptors (Lipinski definition) is 5. The van der Waals surface area contributed by atoms with Crippen LogP contribution in [0.5, 0.6) is 0 Å². The molecule has 12 heteroatoms. The van der Waals surface area contributed by atoms with Crippen molar-refractivity contribution >= 4 is 60.5 Å². The van der Waals surface area contributed by atoms with E-state index in [2.05, 4.69) is 10.0 Å². The van der Waals surface area contributed by atoms with E-state index in [4.69, 9.17) is 23.2 Å². The molecule has 37 heavy (non-hydrogen) atoms. The summed E-state index contributed by atoms with van der Waals surface area (Å²) in [5.41, 5.74) is 1.48. The monoisotopic (exact) mass is 581 g/mol. The fourth-order valence-corrected chi connectivity index (χ4v) is 6.99. The van der Waals surface area contributed by atoms with E-state index in [1.807, 2.05) is 0 Å². The normalized spacial score (nSPS) is 14.8. The third-order valence-electron chi connectivity index (χ3n) is 5.89. The number of sulfonamides is 2. The first-order valence-electron chi connectivity index (χ1n) is 11.5. The van der Waals surface area contributed by atoms with Crippen LogP contribution in [0.3, 0.4) is 0 Å². The molecule has 1 saturated heterocycles. The zero-order valence-electron chi connectivity index (χ0n) is 19.7. The highest BCUT2D eigenvalue weighted by atomic mass is 35.5. The van der Waals surface area contributed by atoms with Crippen molar-refractivity contribution in [3.05, 3.63) is 87.9 Å². The van der Waals surface area contributed by atoms with Gasteiger partial charge in [-0.15, -0.1) is 0 Å². The van der Waals surface area contributed by atoms with E-state index in [0.717, 1.165) is 19.3 Å². The van der Waals surface area contributed by atoms with Crippen LogP contribution in [0.1, 0.15) is 35.2 Å². The summed E-state index contributed by atoms with van der Waals surface area (Å²) in [7, 11) is -7.33. The van der Waals surface area contributed by atoms with Crippen molar-refractivity contribution in [3.8, 4) is 0 Å². The Morgan fingerprint density at radius 1 is 0.838 bits per heavy atom. The minimum atomic E-state index is -3.94. The number of anilines is 2. The van der Waals surface area contributed by atoms with Crippen molar-refractivity contribution < 1.29 is 21.6 Å². The Bertz CT molecular complexity index is 1490. The van der Waals surface area contributed by atoms with Gasteiger partial charge in [0.25, 0.3) is 15.9 Å². The Balaban J connectivity index is 1.38. The molecule has 0 unspecified atom stereocenters. The van der Waals surface area contributed by atoms with Crippen LogP contribution in [-0.4, -0.2) is 40.1 Å². The highest BCUT2D eigenvalue weighted by Crippen LogP contribution is 2.31. The molecule has 3 aromatic rings. The lowest BCUT2D eigenvalue weighted by molar-refractivity contribution is 0.102. The fourth-order valence-electron chi connectivity index (χ4n) is 3.90. The topological polar surface area (TPSA) is 113 Å². The van der Waals surface area contributed by atoms with E-state index in [-0.39, 0.29) is 26.4 Å². The Kier molecular flexibility index (Phi) is 8.45. The van der Waals surface area contributed by atoms with Crippen molar-refractivity contribution in [2.45, 2.75) is 29.9 Å². The van der Waals surface area contributed by atoms with E-state index in [9.17, 15) is 21.6 Å². The summed E-state index contributed by atoms with van der Waals surface area (Å²) in [6.07, 6.45) is 2.79. The average molecular weight is 583 g/mol. The number of amides is 1. The van der Waals surface area contributed by atoms with Crippen LogP contribution in [0.25, 0.3) is 0 Å². The number of hydrogen-bond donors (Lipinski definition) is 2. The first-order valence-corrected chi connectivity index (χ1v) is 15.3. The third kappa shape index (κ3) is 6.82. The molecule has 0 aliphatic carbocycles. The predicted molar refractivity (Wildman–Crippen MR) is 146 cm³/mol. The van der Waals surface area contributed by atoms with Gasteiger partial charge in [-0.25, -0.2) is 21.1 Å². The van der Waals surface area contributed by atoms with Crippen molar-refractivity contribution in [1.82, 2.24) is 4.31 Å². The summed E-state index contributed by atoms with van der Waals surface area (Å²) in [5.74, 6) is -0.524. The standard InChI is InChI=1S/C25H25Cl2N3O5S2/c26-22-5-4-6-23(24(22)27)29-37(34,35)21-13-11-20(12-14-21)28-25(31)19-9-7-18(8-10-19)17-36(32,33)30-15-2-1-3-16-30/h4-14,29H,1-3,15-17H2,(H,28,31). The Hall–Kier alpha value is -2.63. The molecule has 2 N–H and O–H groups in total. The van der Waals surface area contributed by atoms with Crippen molar-refractivity contribution in [1.29, 1.82) is 0 Å². The molecule has 0 bridgehead atoms. The van der Waals surface area contributed by atoms with Crippen LogP contribution < -0.4 is 10.0 Å². The molecule has 8 nitrogen and oxygen atoms in total. The van der Waals surface area contributed by atoms with Crippen molar-refractivity contribution in [2.24, 2.45) is 0 Å². The van der Waals surface area contributed by atoms with Crippen LogP contribution >= 0.6 is 23.2 Å². The molecule has 3 aromatic carbocycles. The second-order valence-corrected chi connectivity index (χ2v) is 13.0. The second kappa shape index (κ2) is 11.4. The van der Waals surface area contributed by atoms with Gasteiger partial charge in [0.1, 0.15) is 0 Å². The molecule has 0 atom stereocenters. The summed E-state index contributed by atoms with van der Waals surface area (Å²) < 4.78 is 54.6. The zero-order valence-corrected chi connectivity index (χ0v) is 22.8. The molecule has 1 fully saturated rings. The van der Waals surface area contributed by atoms with Crippen LogP contribution in [0.4, 0.5) is 11.4 Å². The maximum absolute atomic E-state index is 12.7. The minimum absolute atomic E-state index is 0.0270. The lowest BCUT2D eigenvalue weighted by atomic mass is 10.1. The van der Waals surface area contributed by atoms with Crippen LogP contribution in [0.2, 0.25) is 10.0 Å². The van der Waals surface area contributed by atoms with Crippen LogP contribution in [0.15, 0.2) is 71.6 Å². The van der Waals surface area contributed by atoms with E-state index in [1.54, 1.807) is 36.4 Å². The molecule has 1 aliphatic heterocycles. The van der Waals surface area contributed by atoms with Gasteiger partial charge in [-0.2, -0.15) is 0 Å². The molecule has 196 valence electrons. The van der Waals surface area contributed by atoms with Gasteiger partial charge >= 0.3 is 0 Å². The first-order chi connectivity index (χ1) is 17.5. The molecule has 0 saturated carbocycles. The number of nitrogens with one attached hydrogen (secondary N) is 2. The molecule has 4 rings (SSSR count). The zero-order chi connectivity index (χ0) is 26.6. The molecular weight excluding hydrogens is 557 g/mol. The lowest BCUT2D eigenvalue weighted by Gasteiger charge is -2.25. The molecule has 1 heterocycles. The quantitative estimate of drug-likeness (QED) is 0.371. The van der Waals surface area contributed by atoms with Gasteiger partial charge in [-0.3, -0.25) is 9.52 Å². The van der Waals surface area contributed by atoms with E-state index < -0.39 is 26.0 Å². The molecule has 0 radical (unpaired) electrons. The minimum Gasteiger partial charge on any atom is -0.322 e. The van der Waals surface area contributed by atoms with Crippen LogP contribution in [-0.2, 0) is 25.8 Å². The molecule has 1 amide bonds. The number of halogens is 2. The highest BCUT2D eigenvalue weighted by molar-refractivity contribution is 7.92. The summed E-state index contributed by atoms with van der Waals surface area (Å²) in [4.78, 5) is 12.6. The van der Waals surface area contributed by atoms with Gasteiger partial charge < -0.3 is 5.32 Å². The Labute approximate surface area is 226 Å². The van der Waals surface area contributed by atoms with Gasteiger partial charge in [0.05, 0.1) is 26.4 Å². The van der Waals surface area contributed by atoms with Crippen molar-refractivity contribution in [2.75, 3.05) is 23.1 Å². The van der Waals surface area contributed by atoms with E-state index in [0.29, 0.717) is 29.9 Å². The maximum Gasteiger partial charge on any atom is 0.261 e. The fraction of sp³-hybridized carbons (Fsp3) is 0.240. The summed E-state index contributed by atoms with van der Waals surface area (Å²) in [6.45, 7) is 1.10. The molecular formula is C25H25Cl2N3O5S2. The molecule has 0 spiro atoms. The largest absolute Gasteiger partial charge is 0.322 e. The van der Waals surface area contributed by atoms with E-state index in [1.165, 1.54) is 34.6 Å². The van der Waals surface area contributed by atoms with Gasteiger partial charge in [0, 0.05) is 24.3 Å². The maximum atomic E-state index is 12.7. The third-order valence-corrected chi connectivity index (χ3v) is 9.94. The van der Waals surface area contributed by atoms with Crippen LogP contribution in [0, 0.1) is 0 Å². The Morgan fingerprint density at radius 3 is 2.14 bits per heavy atom. The highest BCUT2D eigenvalue weighted by Gasteiger charge is 2.24. The molecule has 0 aromatic heterocycles. The number of benzene rings is 3. The smallest absolute Gasteiger partial charge is 0.261 e. The number of carbonyl (C=O) groups excluding carboxylic acids is 1. The predicted octanol–water partition coefficient (Wildman–Crippen LogP) is 5.36. The Morgan fingerprint density at radius 2 is 1.49 bits per heavy atom. The number of carbonyl (C=O) groups is 1.